The first-order valence-corrected chi connectivity index (χ1v) is 2.33. The van der Waals surface area contributed by atoms with Crippen LogP contribution in [0.25, 0.3) is 0 Å². The van der Waals surface area contributed by atoms with Gasteiger partial charge < -0.3 is 1.43 Å². The summed E-state index contributed by atoms with van der Waals surface area (Å²) in [6.07, 6.45) is 0. The van der Waals surface area contributed by atoms with Crippen molar-refractivity contribution in [2.24, 2.45) is 0 Å². The monoisotopic (exact) mass is 108 g/mol. The van der Waals surface area contributed by atoms with Crippen molar-refractivity contribution >= 4 is 0 Å². The number of hydrogen-bond donors (Lipinski definition) is 1. The van der Waals surface area contributed by atoms with Crippen LogP contribution in [0.15, 0.2) is 0 Å². The predicted octanol–water partition coefficient (Wildman–Crippen LogP) is -3.68. The van der Waals surface area contributed by atoms with Crippen molar-refractivity contribution in [2.45, 2.75) is 0 Å². The Morgan fingerprint density at radius 2 is 1.60 bits per heavy atom. The van der Waals surface area contributed by atoms with Gasteiger partial charge in [0.2, 0.25) is 0 Å². The molecule has 0 spiro atoms. The van der Waals surface area contributed by atoms with E-state index in [-0.39, 0.29) is 20.3 Å². The van der Waals surface area contributed by atoms with E-state index in [2.05, 4.69) is 0 Å². The molecule has 0 saturated heterocycles. The van der Waals surface area contributed by atoms with E-state index in [1.54, 1.807) is 0 Å². The zero-order valence-corrected chi connectivity index (χ0v) is 4.11. The summed E-state index contributed by atoms with van der Waals surface area (Å²) >= 11 is -3.69. The van der Waals surface area contributed by atoms with Gasteiger partial charge in [-0.05, 0) is 0 Å². The number of hydrogen-bond acceptors (Lipinski definition) is 2. The van der Waals surface area contributed by atoms with Gasteiger partial charge in [0.15, 0.2) is 0 Å². The quantitative estimate of drug-likeness (QED) is 0.325. The molecule has 1 N–H and O–H groups in total. The zero-order chi connectivity index (χ0) is 3.58. The van der Waals surface area contributed by atoms with Crippen LogP contribution in [0.4, 0.5) is 0 Å². The van der Waals surface area contributed by atoms with Crippen LogP contribution < -0.4 is 18.9 Å². The second kappa shape index (κ2) is 4.74. The van der Waals surface area contributed by atoms with Crippen molar-refractivity contribution < 1.29 is 47.1 Å². The van der Waals surface area contributed by atoms with E-state index >= 15 is 0 Å². The molecular weight excluding hydrogens is 106 g/mol. The van der Waals surface area contributed by atoms with E-state index in [1.807, 2.05) is 0 Å². The van der Waals surface area contributed by atoms with Gasteiger partial charge in [-0.3, -0.25) is 0 Å². The second-order valence-corrected chi connectivity index (χ2v) is 0.981. The Balaban J connectivity index is -0.0000000450. The molecule has 5 heavy (non-hydrogen) atoms. The molecule has 0 saturated carbocycles. The minimum absolute atomic E-state index is 0. The van der Waals surface area contributed by atoms with Crippen molar-refractivity contribution in [2.75, 3.05) is 0 Å². The molecule has 0 bridgehead atoms. The molecule has 0 aromatic rings. The van der Waals surface area contributed by atoms with E-state index < -0.39 is 15.4 Å². The van der Waals surface area contributed by atoms with Gasteiger partial charge in [-0.25, -0.2) is 0 Å². The third kappa shape index (κ3) is 64.8. The van der Waals surface area contributed by atoms with Gasteiger partial charge in [0, 0.05) is 0 Å². The summed E-state index contributed by atoms with van der Waals surface area (Å²) < 4.78 is 24.4. The molecule has 0 aliphatic heterocycles. The molecule has 26 valence electrons. The summed E-state index contributed by atoms with van der Waals surface area (Å²) in [5, 5.41) is 0. The molecule has 0 aromatic heterocycles. The van der Waals surface area contributed by atoms with Crippen LogP contribution in [0.5, 0.6) is 0 Å². The van der Waals surface area contributed by atoms with Crippen LogP contribution in [-0.4, -0.2) is 4.03 Å². The standard InChI is InChI=1S/Li.H2O.2O.V.H/h;1H2;;;;/q+1;;;;+1;-1/p-1. The average molecular weight is 108 g/mol. The Morgan fingerprint density at radius 1 is 1.60 bits per heavy atom. The summed E-state index contributed by atoms with van der Waals surface area (Å²) in [6.45, 7) is 0. The Bertz CT molecular complexity index is 59.2. The maximum atomic E-state index is 8.67. The van der Waals surface area contributed by atoms with Crippen molar-refractivity contribution in [1.29, 1.82) is 0 Å². The fourth-order valence-corrected chi connectivity index (χ4v) is 0. The topological polar surface area (TPSA) is 54.4 Å². The molecule has 0 rings (SSSR count). The summed E-state index contributed by atoms with van der Waals surface area (Å²) in [4.78, 5) is 0. The maximum absolute atomic E-state index is 8.67. The summed E-state index contributed by atoms with van der Waals surface area (Å²) in [5.41, 5.74) is 0. The molecule has 0 fully saturated rings. The van der Waals surface area contributed by atoms with Crippen LogP contribution >= 0.6 is 0 Å². The molecule has 0 amide bonds. The Kier molecular flexibility index (Phi) is 8.74. The van der Waals surface area contributed by atoms with Crippen LogP contribution in [0.1, 0.15) is 1.43 Å². The van der Waals surface area contributed by atoms with Crippen molar-refractivity contribution in [3.05, 3.63) is 0 Å². The molecule has 0 heterocycles. The van der Waals surface area contributed by atoms with E-state index in [0.29, 0.717) is 0 Å². The van der Waals surface area contributed by atoms with Crippen molar-refractivity contribution in [3.8, 4) is 0 Å². The van der Waals surface area contributed by atoms with Gasteiger partial charge in [-0.1, -0.05) is 0 Å². The van der Waals surface area contributed by atoms with Crippen molar-refractivity contribution in [1.82, 2.24) is 0 Å². The zero-order valence-electron chi connectivity index (χ0n) is 3.71. The fourth-order valence-electron chi connectivity index (χ4n) is 0. The van der Waals surface area contributed by atoms with Gasteiger partial charge in [0.1, 0.15) is 0 Å². The molecule has 0 aliphatic rings. The van der Waals surface area contributed by atoms with Gasteiger partial charge in [0.25, 0.3) is 0 Å². The van der Waals surface area contributed by atoms with Crippen molar-refractivity contribution in [3.63, 3.8) is 0 Å². The summed E-state index contributed by atoms with van der Waals surface area (Å²) in [6, 6.07) is 0. The molecule has 0 atom stereocenters. The molecule has 0 aromatic carbocycles. The summed E-state index contributed by atoms with van der Waals surface area (Å²) in [5.74, 6) is 0. The van der Waals surface area contributed by atoms with Crippen LogP contribution in [0, 0.1) is 0 Å². The predicted molar refractivity (Wildman–Crippen MR) is 4.70 cm³/mol. The number of rotatable bonds is 0. The SMILES string of the molecule is [H-].[Li+].[O]=[V](=[O])[OH]. The Morgan fingerprint density at radius 3 is 1.60 bits per heavy atom. The normalized spacial score (nSPS) is 5.00. The van der Waals surface area contributed by atoms with Crippen LogP contribution in [-0.2, 0) is 22.7 Å². The minimum atomic E-state index is -3.69. The van der Waals surface area contributed by atoms with Gasteiger partial charge in [-0.2, -0.15) is 0 Å². The summed E-state index contributed by atoms with van der Waals surface area (Å²) in [7, 11) is 0. The van der Waals surface area contributed by atoms with Crippen LogP contribution in [0.2, 0.25) is 0 Å². The van der Waals surface area contributed by atoms with E-state index in [0.717, 1.165) is 0 Å². The van der Waals surface area contributed by atoms with Gasteiger partial charge >= 0.3 is 45.6 Å². The Labute approximate surface area is 47.4 Å². The molecular formula is H2LiO3V. The average Bonchev–Trinajstić information content (AvgIpc) is 0.811. The first-order valence-electron chi connectivity index (χ1n) is 0.565. The first kappa shape index (κ1) is 9.22. The molecule has 3 nitrogen and oxygen atoms in total. The fraction of sp³-hybridized carbons (Fsp3) is 0. The molecule has 0 radical (unpaired) electrons. The molecule has 0 unspecified atom stereocenters. The second-order valence-electron chi connectivity index (χ2n) is 0.238. The first-order chi connectivity index (χ1) is 1.73. The Hall–Kier alpha value is 0.742. The van der Waals surface area contributed by atoms with Crippen LogP contribution in [0.3, 0.4) is 0 Å². The van der Waals surface area contributed by atoms with E-state index in [1.165, 1.54) is 0 Å². The third-order valence-electron chi connectivity index (χ3n) is 0. The van der Waals surface area contributed by atoms with Gasteiger partial charge in [0.05, 0.1) is 0 Å². The van der Waals surface area contributed by atoms with E-state index in [4.69, 9.17) is 11.4 Å². The molecule has 0 aliphatic carbocycles. The van der Waals surface area contributed by atoms with E-state index in [9.17, 15) is 0 Å². The van der Waals surface area contributed by atoms with Gasteiger partial charge in [-0.15, -0.1) is 0 Å². The molecule has 5 heteroatoms. The third-order valence-corrected chi connectivity index (χ3v) is 0.